The van der Waals surface area contributed by atoms with E-state index in [1.54, 1.807) is 30.5 Å². The highest BCUT2D eigenvalue weighted by Crippen LogP contribution is 2.33. The lowest BCUT2D eigenvalue weighted by atomic mass is 10.1. The van der Waals surface area contributed by atoms with Gasteiger partial charge in [-0.3, -0.25) is 0 Å². The van der Waals surface area contributed by atoms with Gasteiger partial charge in [0.15, 0.2) is 0 Å². The molecular formula is C11H7ClO3S. The molecule has 82 valence electrons. The molecule has 0 radical (unpaired) electrons. The first-order chi connectivity index (χ1) is 7.63. The Morgan fingerprint density at radius 1 is 1.12 bits per heavy atom. The number of carbonyl (C=O) groups excluding carboxylic acids is 2. The Labute approximate surface area is 101 Å². The molecule has 0 aliphatic carbocycles. The van der Waals surface area contributed by atoms with Crippen molar-refractivity contribution >= 4 is 40.9 Å². The SMILES string of the molecule is CSC1=C(c2ccc(Cl)cc2)C(=O)OC1=O. The third-order valence-electron chi connectivity index (χ3n) is 2.14. The summed E-state index contributed by atoms with van der Waals surface area (Å²) in [7, 11) is 0. The number of benzene rings is 1. The van der Waals surface area contributed by atoms with Gasteiger partial charge in [0.1, 0.15) is 4.91 Å². The van der Waals surface area contributed by atoms with Crippen molar-refractivity contribution in [3.63, 3.8) is 0 Å². The van der Waals surface area contributed by atoms with E-state index in [1.165, 1.54) is 11.8 Å². The van der Waals surface area contributed by atoms with E-state index in [0.717, 1.165) is 0 Å². The van der Waals surface area contributed by atoms with Gasteiger partial charge in [-0.2, -0.15) is 0 Å². The fraction of sp³-hybridized carbons (Fsp3) is 0.0909. The summed E-state index contributed by atoms with van der Waals surface area (Å²) in [5, 5.41) is 0.577. The molecule has 1 heterocycles. The number of esters is 2. The molecule has 0 amide bonds. The van der Waals surface area contributed by atoms with E-state index >= 15 is 0 Å². The molecule has 0 aromatic heterocycles. The highest BCUT2D eigenvalue weighted by molar-refractivity contribution is 8.03. The number of hydrogen-bond donors (Lipinski definition) is 0. The van der Waals surface area contributed by atoms with Crippen LogP contribution >= 0.6 is 23.4 Å². The average Bonchev–Trinajstić information content (AvgIpc) is 2.54. The van der Waals surface area contributed by atoms with Gasteiger partial charge in [-0.15, -0.1) is 11.8 Å². The first-order valence-electron chi connectivity index (χ1n) is 4.44. The molecule has 5 heteroatoms. The van der Waals surface area contributed by atoms with E-state index in [-0.39, 0.29) is 0 Å². The van der Waals surface area contributed by atoms with Crippen LogP contribution in [0.3, 0.4) is 0 Å². The molecule has 0 unspecified atom stereocenters. The first kappa shape index (κ1) is 11.2. The predicted octanol–water partition coefficient (Wildman–Crippen LogP) is 2.50. The monoisotopic (exact) mass is 254 g/mol. The molecule has 2 rings (SSSR count). The second kappa shape index (κ2) is 4.31. The van der Waals surface area contributed by atoms with Gasteiger partial charge in [0.2, 0.25) is 0 Å². The molecule has 0 spiro atoms. The fourth-order valence-corrected chi connectivity index (χ4v) is 2.17. The van der Waals surface area contributed by atoms with Crippen molar-refractivity contribution in [1.29, 1.82) is 0 Å². The standard InChI is InChI=1S/C11H7ClO3S/c1-16-9-8(10(13)15-11(9)14)6-2-4-7(12)5-3-6/h2-5H,1H3. The van der Waals surface area contributed by atoms with Gasteiger partial charge < -0.3 is 4.74 Å². The summed E-state index contributed by atoms with van der Waals surface area (Å²) in [6, 6.07) is 6.71. The maximum atomic E-state index is 11.5. The molecule has 0 saturated heterocycles. The topological polar surface area (TPSA) is 43.4 Å². The van der Waals surface area contributed by atoms with Crippen LogP contribution in [0.5, 0.6) is 0 Å². The van der Waals surface area contributed by atoms with Crippen molar-refractivity contribution in [3.8, 4) is 0 Å². The summed E-state index contributed by atoms with van der Waals surface area (Å²) >= 11 is 6.95. The van der Waals surface area contributed by atoms with Crippen LogP contribution in [0.1, 0.15) is 5.56 Å². The van der Waals surface area contributed by atoms with E-state index in [1.807, 2.05) is 0 Å². The quantitative estimate of drug-likeness (QED) is 0.601. The van der Waals surface area contributed by atoms with Crippen LogP contribution in [0, 0.1) is 0 Å². The molecule has 0 fully saturated rings. The molecule has 1 aromatic carbocycles. The van der Waals surface area contributed by atoms with Crippen LogP contribution in [-0.2, 0) is 14.3 Å². The van der Waals surface area contributed by atoms with Gasteiger partial charge in [0.05, 0.1) is 5.57 Å². The minimum absolute atomic E-state index is 0.314. The molecule has 3 nitrogen and oxygen atoms in total. The summed E-state index contributed by atoms with van der Waals surface area (Å²) in [6.07, 6.45) is 1.73. The van der Waals surface area contributed by atoms with E-state index in [4.69, 9.17) is 11.6 Å². The first-order valence-corrected chi connectivity index (χ1v) is 6.04. The lowest BCUT2D eigenvalue weighted by Gasteiger charge is -2.00. The third-order valence-corrected chi connectivity index (χ3v) is 3.17. The van der Waals surface area contributed by atoms with Crippen molar-refractivity contribution in [1.82, 2.24) is 0 Å². The maximum absolute atomic E-state index is 11.5. The summed E-state index contributed by atoms with van der Waals surface area (Å²) in [5.74, 6) is -1.18. The zero-order valence-electron chi connectivity index (χ0n) is 8.32. The van der Waals surface area contributed by atoms with Gasteiger partial charge in [-0.05, 0) is 24.0 Å². The minimum Gasteiger partial charge on any atom is -0.385 e. The molecule has 1 aliphatic rings. The van der Waals surface area contributed by atoms with Gasteiger partial charge in [0.25, 0.3) is 0 Å². The number of rotatable bonds is 2. The van der Waals surface area contributed by atoms with Crippen LogP contribution in [0.25, 0.3) is 5.57 Å². The van der Waals surface area contributed by atoms with Gasteiger partial charge >= 0.3 is 11.9 Å². The fourth-order valence-electron chi connectivity index (χ4n) is 1.43. The number of hydrogen-bond acceptors (Lipinski definition) is 4. The average molecular weight is 255 g/mol. The Morgan fingerprint density at radius 2 is 1.75 bits per heavy atom. The van der Waals surface area contributed by atoms with E-state index in [9.17, 15) is 9.59 Å². The number of cyclic esters (lactones) is 2. The molecule has 0 N–H and O–H groups in total. The van der Waals surface area contributed by atoms with Gasteiger partial charge in [-0.25, -0.2) is 9.59 Å². The summed E-state index contributed by atoms with van der Waals surface area (Å²) in [6.45, 7) is 0. The second-order valence-electron chi connectivity index (χ2n) is 3.09. The van der Waals surface area contributed by atoms with Crippen molar-refractivity contribution in [2.24, 2.45) is 0 Å². The van der Waals surface area contributed by atoms with E-state index in [0.29, 0.717) is 21.1 Å². The number of carbonyl (C=O) groups is 2. The Kier molecular flexibility index (Phi) is 3.03. The number of halogens is 1. The van der Waals surface area contributed by atoms with E-state index in [2.05, 4.69) is 4.74 Å². The zero-order valence-corrected chi connectivity index (χ0v) is 9.89. The third kappa shape index (κ3) is 1.86. The van der Waals surface area contributed by atoms with Crippen molar-refractivity contribution in [2.75, 3.05) is 6.26 Å². The van der Waals surface area contributed by atoms with Gasteiger partial charge in [-0.1, -0.05) is 23.7 Å². The van der Waals surface area contributed by atoms with Crippen LogP contribution < -0.4 is 0 Å². The highest BCUT2D eigenvalue weighted by Gasteiger charge is 2.33. The van der Waals surface area contributed by atoms with Crippen molar-refractivity contribution in [2.45, 2.75) is 0 Å². The smallest absolute Gasteiger partial charge is 0.353 e. The zero-order chi connectivity index (χ0) is 11.7. The van der Waals surface area contributed by atoms with Crippen LogP contribution in [0.2, 0.25) is 5.02 Å². The van der Waals surface area contributed by atoms with Crippen LogP contribution in [0.4, 0.5) is 0 Å². The molecule has 16 heavy (non-hydrogen) atoms. The van der Waals surface area contributed by atoms with E-state index < -0.39 is 11.9 Å². The minimum atomic E-state index is -0.600. The largest absolute Gasteiger partial charge is 0.385 e. The lowest BCUT2D eigenvalue weighted by Crippen LogP contribution is -2.01. The molecular weight excluding hydrogens is 248 g/mol. The normalized spacial score (nSPS) is 15.6. The Bertz CT molecular complexity index is 490. The Balaban J connectivity index is 2.53. The summed E-state index contributed by atoms with van der Waals surface area (Å²) in [4.78, 5) is 23.2. The van der Waals surface area contributed by atoms with Crippen LogP contribution in [0.15, 0.2) is 29.2 Å². The van der Waals surface area contributed by atoms with Gasteiger partial charge in [0, 0.05) is 5.02 Å². The molecule has 0 saturated carbocycles. The van der Waals surface area contributed by atoms with Crippen molar-refractivity contribution in [3.05, 3.63) is 39.8 Å². The summed E-state index contributed by atoms with van der Waals surface area (Å²) in [5.41, 5.74) is 0.957. The predicted molar refractivity (Wildman–Crippen MR) is 63.0 cm³/mol. The Morgan fingerprint density at radius 3 is 2.31 bits per heavy atom. The van der Waals surface area contributed by atoms with Crippen molar-refractivity contribution < 1.29 is 14.3 Å². The molecule has 0 bridgehead atoms. The number of ether oxygens (including phenoxy) is 1. The van der Waals surface area contributed by atoms with Crippen LogP contribution in [-0.4, -0.2) is 18.2 Å². The Hall–Kier alpha value is -1.26. The maximum Gasteiger partial charge on any atom is 0.353 e. The second-order valence-corrected chi connectivity index (χ2v) is 4.35. The summed E-state index contributed by atoms with van der Waals surface area (Å²) < 4.78 is 4.56. The molecule has 0 atom stereocenters. The lowest BCUT2D eigenvalue weighted by molar-refractivity contribution is -0.149. The molecule has 1 aliphatic heterocycles. The number of thioether (sulfide) groups is 1. The highest BCUT2D eigenvalue weighted by atomic mass is 35.5. The molecule has 1 aromatic rings.